The number of Topliss-reactive ketones (excluding diaryl/α,β-unsaturated/α-hetero) is 1. The van der Waals surface area contributed by atoms with Crippen LogP contribution in [0.25, 0.3) is 0 Å². The van der Waals surface area contributed by atoms with E-state index >= 15 is 0 Å². The van der Waals surface area contributed by atoms with Crippen molar-refractivity contribution in [1.29, 1.82) is 5.26 Å². The maximum absolute atomic E-state index is 12.4. The lowest BCUT2D eigenvalue weighted by Crippen LogP contribution is -2.58. The van der Waals surface area contributed by atoms with E-state index in [9.17, 15) is 9.36 Å². The lowest BCUT2D eigenvalue weighted by Gasteiger charge is -2.53. The average Bonchev–Trinajstić information content (AvgIpc) is 2.38. The van der Waals surface area contributed by atoms with E-state index in [2.05, 4.69) is 0 Å². The minimum Gasteiger partial charge on any atom is -0.374 e. The molecule has 0 aromatic rings. The van der Waals surface area contributed by atoms with Crippen LogP contribution in [0.3, 0.4) is 0 Å². The van der Waals surface area contributed by atoms with Crippen LogP contribution in [0.1, 0.15) is 39.5 Å². The molecule has 7 heteroatoms. The first kappa shape index (κ1) is 16.6. The number of ether oxygens (including phenoxy) is 1. The average molecular weight is 315 g/mol. The number of carbonyl (C=O) groups is 1. The minimum atomic E-state index is -3.40. The third-order valence-electron chi connectivity index (χ3n) is 4.30. The summed E-state index contributed by atoms with van der Waals surface area (Å²) in [6.45, 7) is 4.36. The third kappa shape index (κ3) is 3.54. The van der Waals surface area contributed by atoms with E-state index in [1.165, 1.54) is 0 Å². The summed E-state index contributed by atoms with van der Waals surface area (Å²) in [5.41, 5.74) is -0.0446. The molecule has 3 unspecified atom stereocenters. The standard InChI is InChI=1S/C14H22NO5P/c1-3-19-21(17,9-8-15)20-11(2)13-14(10-18-13)6-4-12(16)5-7-14/h11,13H,3-7,9-10H2,1-2H3. The van der Waals surface area contributed by atoms with Crippen LogP contribution in [-0.2, 0) is 23.1 Å². The number of carbonyl (C=O) groups excluding carboxylic acids is 1. The van der Waals surface area contributed by atoms with E-state index in [0.717, 1.165) is 12.8 Å². The predicted molar refractivity (Wildman–Crippen MR) is 75.9 cm³/mol. The Morgan fingerprint density at radius 2 is 2.19 bits per heavy atom. The highest BCUT2D eigenvalue weighted by atomic mass is 31.2. The van der Waals surface area contributed by atoms with Gasteiger partial charge in [-0.15, -0.1) is 0 Å². The quantitative estimate of drug-likeness (QED) is 0.700. The smallest absolute Gasteiger partial charge is 0.345 e. The van der Waals surface area contributed by atoms with Crippen LogP contribution >= 0.6 is 7.60 Å². The first-order valence-corrected chi connectivity index (χ1v) is 9.10. The fraction of sp³-hybridized carbons (Fsp3) is 0.857. The molecule has 1 aliphatic heterocycles. The van der Waals surface area contributed by atoms with Crippen molar-refractivity contribution in [3.05, 3.63) is 0 Å². The number of hydrogen-bond donors (Lipinski definition) is 0. The van der Waals surface area contributed by atoms with Gasteiger partial charge in [0.1, 0.15) is 11.9 Å². The molecule has 1 heterocycles. The largest absolute Gasteiger partial charge is 0.374 e. The second kappa shape index (κ2) is 6.58. The number of ketones is 1. The Labute approximate surface area is 125 Å². The van der Waals surface area contributed by atoms with Crippen LogP contribution < -0.4 is 0 Å². The van der Waals surface area contributed by atoms with Crippen molar-refractivity contribution in [2.45, 2.75) is 51.7 Å². The molecule has 1 saturated carbocycles. The zero-order chi connectivity index (χ0) is 15.5. The molecule has 0 bridgehead atoms. The van der Waals surface area contributed by atoms with Gasteiger partial charge in [-0.25, -0.2) is 0 Å². The lowest BCUT2D eigenvalue weighted by molar-refractivity contribution is -0.230. The van der Waals surface area contributed by atoms with Crippen molar-refractivity contribution >= 4 is 13.4 Å². The van der Waals surface area contributed by atoms with E-state index in [1.807, 2.05) is 6.07 Å². The molecule has 1 spiro atoms. The van der Waals surface area contributed by atoms with Crippen LogP contribution in [0.5, 0.6) is 0 Å². The molecule has 2 fully saturated rings. The van der Waals surface area contributed by atoms with Gasteiger partial charge < -0.3 is 13.8 Å². The first-order chi connectivity index (χ1) is 9.95. The highest BCUT2D eigenvalue weighted by Crippen LogP contribution is 2.54. The van der Waals surface area contributed by atoms with Crippen LogP contribution in [0.4, 0.5) is 0 Å². The summed E-state index contributed by atoms with van der Waals surface area (Å²) in [7, 11) is -3.40. The Kier molecular flexibility index (Phi) is 5.21. The monoisotopic (exact) mass is 315 g/mol. The number of nitrogens with zero attached hydrogens (tertiary/aromatic N) is 1. The molecule has 3 atom stereocenters. The maximum Gasteiger partial charge on any atom is 0.345 e. The Morgan fingerprint density at radius 3 is 2.67 bits per heavy atom. The van der Waals surface area contributed by atoms with Gasteiger partial charge in [0.2, 0.25) is 0 Å². The van der Waals surface area contributed by atoms with Crippen molar-refractivity contribution in [1.82, 2.24) is 0 Å². The second-order valence-corrected chi connectivity index (χ2v) is 7.80. The number of rotatable bonds is 6. The topological polar surface area (TPSA) is 85.6 Å². The summed E-state index contributed by atoms with van der Waals surface area (Å²) in [6.07, 6.45) is 1.88. The van der Waals surface area contributed by atoms with E-state index in [1.54, 1.807) is 13.8 Å². The summed E-state index contributed by atoms with van der Waals surface area (Å²) in [5.74, 6) is 0.296. The molecular weight excluding hydrogens is 293 g/mol. The van der Waals surface area contributed by atoms with Crippen LogP contribution in [-0.4, -0.2) is 37.4 Å². The lowest BCUT2D eigenvalue weighted by atomic mass is 9.66. The molecule has 0 aromatic carbocycles. The molecule has 21 heavy (non-hydrogen) atoms. The maximum atomic E-state index is 12.4. The summed E-state index contributed by atoms with van der Waals surface area (Å²) >= 11 is 0. The van der Waals surface area contributed by atoms with Crippen LogP contribution in [0, 0.1) is 16.7 Å². The van der Waals surface area contributed by atoms with Gasteiger partial charge in [0.05, 0.1) is 31.5 Å². The third-order valence-corrected chi connectivity index (χ3v) is 6.13. The van der Waals surface area contributed by atoms with Crippen molar-refractivity contribution in [3.8, 4) is 6.07 Å². The van der Waals surface area contributed by atoms with Crippen LogP contribution in [0.2, 0.25) is 0 Å². The van der Waals surface area contributed by atoms with Gasteiger partial charge in [0, 0.05) is 18.3 Å². The summed E-state index contributed by atoms with van der Waals surface area (Å²) in [6, 6.07) is 1.85. The highest BCUT2D eigenvalue weighted by Gasteiger charge is 2.53. The van der Waals surface area contributed by atoms with Gasteiger partial charge in [-0.05, 0) is 26.7 Å². The second-order valence-electron chi connectivity index (χ2n) is 5.79. The van der Waals surface area contributed by atoms with Crippen molar-refractivity contribution in [3.63, 3.8) is 0 Å². The summed E-state index contributed by atoms with van der Waals surface area (Å²) < 4.78 is 28.8. The zero-order valence-electron chi connectivity index (χ0n) is 12.5. The van der Waals surface area contributed by atoms with E-state index in [4.69, 9.17) is 19.0 Å². The van der Waals surface area contributed by atoms with Crippen LogP contribution in [0.15, 0.2) is 0 Å². The minimum absolute atomic E-state index is 0.0446. The fourth-order valence-corrected chi connectivity index (χ4v) is 4.62. The van der Waals surface area contributed by atoms with Crippen molar-refractivity contribution in [2.24, 2.45) is 5.41 Å². The van der Waals surface area contributed by atoms with Gasteiger partial charge in [0.15, 0.2) is 0 Å². The molecule has 0 amide bonds. The Hall–Kier alpha value is -0.730. The Bertz CT molecular complexity index is 476. The van der Waals surface area contributed by atoms with Gasteiger partial charge in [0.25, 0.3) is 0 Å². The predicted octanol–water partition coefficient (Wildman–Crippen LogP) is 2.67. The molecule has 2 rings (SSSR count). The highest BCUT2D eigenvalue weighted by molar-refractivity contribution is 7.54. The number of nitriles is 1. The normalized spacial score (nSPS) is 28.4. The van der Waals surface area contributed by atoms with Gasteiger partial charge in [-0.3, -0.25) is 9.36 Å². The van der Waals surface area contributed by atoms with E-state index in [0.29, 0.717) is 25.2 Å². The van der Waals surface area contributed by atoms with Gasteiger partial charge in [-0.2, -0.15) is 5.26 Å². The fourth-order valence-electron chi connectivity index (χ4n) is 3.21. The molecular formula is C14H22NO5P. The Balaban J connectivity index is 2.00. The number of hydrogen-bond acceptors (Lipinski definition) is 6. The summed E-state index contributed by atoms with van der Waals surface area (Å²) in [4.78, 5) is 11.4. The summed E-state index contributed by atoms with van der Waals surface area (Å²) in [5, 5.41) is 8.77. The Morgan fingerprint density at radius 1 is 1.52 bits per heavy atom. The molecule has 118 valence electrons. The van der Waals surface area contributed by atoms with Crippen molar-refractivity contribution in [2.75, 3.05) is 19.4 Å². The zero-order valence-corrected chi connectivity index (χ0v) is 13.4. The van der Waals surface area contributed by atoms with E-state index < -0.39 is 13.7 Å². The molecule has 1 saturated heterocycles. The molecule has 0 radical (unpaired) electrons. The van der Waals surface area contributed by atoms with Gasteiger partial charge in [-0.1, -0.05) is 0 Å². The van der Waals surface area contributed by atoms with Crippen molar-refractivity contribution < 1.29 is 23.1 Å². The SMILES string of the molecule is CCOP(=O)(CC#N)OC(C)C1OCC12CCC(=O)CC2. The van der Waals surface area contributed by atoms with E-state index in [-0.39, 0.29) is 24.3 Å². The molecule has 2 aliphatic rings. The molecule has 1 aliphatic carbocycles. The molecule has 0 N–H and O–H groups in total. The molecule has 6 nitrogen and oxygen atoms in total. The molecule has 0 aromatic heterocycles. The van der Waals surface area contributed by atoms with Gasteiger partial charge >= 0.3 is 7.60 Å². The first-order valence-electron chi connectivity index (χ1n) is 7.37.